The Labute approximate surface area is 125 Å². The molecule has 0 unspecified atom stereocenters. The minimum atomic E-state index is -3.42. The molecule has 0 atom stereocenters. The molecule has 1 aromatic heterocycles. The molecular weight excluding hydrogens is 320 g/mol. The summed E-state index contributed by atoms with van der Waals surface area (Å²) in [6, 6.07) is 5.96. The smallest absolute Gasteiger partial charge is 0.239 e. The number of amides is 1. The maximum absolute atomic E-state index is 12.1. The molecule has 0 fully saturated rings. The van der Waals surface area contributed by atoms with Crippen LogP contribution in [0.15, 0.2) is 40.7 Å². The van der Waals surface area contributed by atoms with Gasteiger partial charge in [-0.15, -0.1) is 22.9 Å². The van der Waals surface area contributed by atoms with Crippen molar-refractivity contribution in [1.82, 2.24) is 4.98 Å². The number of carbonyl (C=O) groups excluding carboxylic acids is 1. The Balaban J connectivity index is 2.14. The van der Waals surface area contributed by atoms with Crippen molar-refractivity contribution in [2.45, 2.75) is 10.6 Å². The summed E-state index contributed by atoms with van der Waals surface area (Å²) in [5, 5.41) is 4.82. The van der Waals surface area contributed by atoms with Crippen LogP contribution in [-0.2, 0) is 20.4 Å². The fourth-order valence-electron chi connectivity index (χ4n) is 1.51. The van der Waals surface area contributed by atoms with Crippen LogP contribution in [0.2, 0.25) is 0 Å². The van der Waals surface area contributed by atoms with Gasteiger partial charge in [-0.25, -0.2) is 13.4 Å². The van der Waals surface area contributed by atoms with Crippen molar-refractivity contribution in [3.8, 4) is 0 Å². The minimum Gasteiger partial charge on any atom is -0.325 e. The summed E-state index contributed by atoms with van der Waals surface area (Å²) in [7, 11) is -3.42. The van der Waals surface area contributed by atoms with E-state index in [-0.39, 0.29) is 22.4 Å². The van der Waals surface area contributed by atoms with E-state index in [1.807, 2.05) is 0 Å². The first-order valence-corrected chi connectivity index (χ1v) is 8.65. The molecule has 1 amide bonds. The number of carbonyl (C=O) groups is 1. The number of sulfone groups is 1. The minimum absolute atomic E-state index is 0.127. The molecule has 106 valence electrons. The first kappa shape index (κ1) is 15.0. The fourth-order valence-corrected chi connectivity index (χ4v) is 3.83. The van der Waals surface area contributed by atoms with Gasteiger partial charge in [0.1, 0.15) is 16.6 Å². The lowest BCUT2D eigenvalue weighted by atomic mass is 10.3. The van der Waals surface area contributed by atoms with Gasteiger partial charge in [-0.1, -0.05) is 0 Å². The lowest BCUT2D eigenvalue weighted by molar-refractivity contribution is -0.113. The number of benzene rings is 1. The SMILES string of the molecule is O=C(CCl)Nc1ccc(S(=O)(=O)Cc2nccs2)cc1. The standard InChI is InChI=1S/C12H11ClN2O3S2/c13-7-11(16)15-9-1-3-10(4-2-9)20(17,18)8-12-14-5-6-19-12/h1-6H,7-8H2,(H,15,16). The fraction of sp³-hybridized carbons (Fsp3) is 0.167. The first-order valence-electron chi connectivity index (χ1n) is 5.58. The molecule has 8 heteroatoms. The van der Waals surface area contributed by atoms with Gasteiger partial charge in [0.15, 0.2) is 9.84 Å². The molecule has 2 aromatic rings. The number of thiazole rings is 1. The molecular formula is C12H11ClN2O3S2. The van der Waals surface area contributed by atoms with Crippen LogP contribution in [0.3, 0.4) is 0 Å². The molecule has 1 heterocycles. The van der Waals surface area contributed by atoms with Gasteiger partial charge in [-0.05, 0) is 24.3 Å². The van der Waals surface area contributed by atoms with Gasteiger partial charge in [0, 0.05) is 17.3 Å². The highest BCUT2D eigenvalue weighted by Gasteiger charge is 2.16. The van der Waals surface area contributed by atoms with Crippen LogP contribution in [0.25, 0.3) is 0 Å². The molecule has 0 saturated heterocycles. The van der Waals surface area contributed by atoms with Gasteiger partial charge in [0.25, 0.3) is 0 Å². The molecule has 0 aliphatic heterocycles. The van der Waals surface area contributed by atoms with Crippen LogP contribution < -0.4 is 5.32 Å². The summed E-state index contributed by atoms with van der Waals surface area (Å²) in [5.74, 6) is -0.618. The highest BCUT2D eigenvalue weighted by Crippen LogP contribution is 2.19. The quantitative estimate of drug-likeness (QED) is 0.853. The molecule has 0 radical (unpaired) electrons. The molecule has 1 N–H and O–H groups in total. The molecule has 0 aliphatic carbocycles. The van der Waals surface area contributed by atoms with Gasteiger partial charge in [-0.3, -0.25) is 4.79 Å². The zero-order valence-corrected chi connectivity index (χ0v) is 12.6. The van der Waals surface area contributed by atoms with Gasteiger partial charge < -0.3 is 5.32 Å². The Morgan fingerprint density at radius 1 is 1.30 bits per heavy atom. The third-order valence-corrected chi connectivity index (χ3v) is 5.26. The van der Waals surface area contributed by atoms with Crippen molar-refractivity contribution in [2.75, 3.05) is 11.2 Å². The predicted molar refractivity (Wildman–Crippen MR) is 78.8 cm³/mol. The average Bonchev–Trinajstić information content (AvgIpc) is 2.91. The molecule has 0 bridgehead atoms. The maximum atomic E-state index is 12.1. The van der Waals surface area contributed by atoms with Crippen LogP contribution in [0, 0.1) is 0 Å². The van der Waals surface area contributed by atoms with Gasteiger partial charge in [-0.2, -0.15) is 0 Å². The zero-order valence-electron chi connectivity index (χ0n) is 10.2. The molecule has 0 spiro atoms. The average molecular weight is 331 g/mol. The van der Waals surface area contributed by atoms with Crippen molar-refractivity contribution in [3.63, 3.8) is 0 Å². The van der Waals surface area contributed by atoms with E-state index in [1.54, 1.807) is 11.6 Å². The van der Waals surface area contributed by atoms with Crippen molar-refractivity contribution >= 4 is 44.4 Å². The Bertz CT molecular complexity index is 682. The second kappa shape index (κ2) is 6.34. The zero-order chi connectivity index (χ0) is 14.6. The summed E-state index contributed by atoms with van der Waals surface area (Å²) in [4.78, 5) is 15.3. The van der Waals surface area contributed by atoms with E-state index in [1.165, 1.54) is 35.6 Å². The topological polar surface area (TPSA) is 76.1 Å². The second-order valence-corrected chi connectivity index (χ2v) is 7.13. The number of aromatic nitrogens is 1. The monoisotopic (exact) mass is 330 g/mol. The third-order valence-electron chi connectivity index (χ3n) is 2.42. The van der Waals surface area contributed by atoms with Gasteiger partial charge in [0.05, 0.1) is 4.90 Å². The number of rotatable bonds is 5. The van der Waals surface area contributed by atoms with E-state index in [0.29, 0.717) is 10.7 Å². The molecule has 0 aliphatic rings. The number of hydrogen-bond donors (Lipinski definition) is 1. The largest absolute Gasteiger partial charge is 0.325 e. The van der Waals surface area contributed by atoms with E-state index in [2.05, 4.69) is 10.3 Å². The van der Waals surface area contributed by atoms with Gasteiger partial charge >= 0.3 is 0 Å². The van der Waals surface area contributed by atoms with Crippen LogP contribution in [0.4, 0.5) is 5.69 Å². The van der Waals surface area contributed by atoms with E-state index in [4.69, 9.17) is 11.6 Å². The number of hydrogen-bond acceptors (Lipinski definition) is 5. The number of anilines is 1. The predicted octanol–water partition coefficient (Wildman–Crippen LogP) is 2.29. The molecule has 5 nitrogen and oxygen atoms in total. The van der Waals surface area contributed by atoms with Crippen LogP contribution in [0.1, 0.15) is 5.01 Å². The lowest BCUT2D eigenvalue weighted by Crippen LogP contribution is -2.12. The van der Waals surface area contributed by atoms with Crippen molar-refractivity contribution < 1.29 is 13.2 Å². The number of alkyl halides is 1. The molecule has 2 rings (SSSR count). The van der Waals surface area contributed by atoms with Crippen LogP contribution in [-0.4, -0.2) is 25.2 Å². The molecule has 20 heavy (non-hydrogen) atoms. The first-order chi connectivity index (χ1) is 9.51. The third kappa shape index (κ3) is 3.78. The van der Waals surface area contributed by atoms with Gasteiger partial charge in [0.2, 0.25) is 5.91 Å². The number of nitrogens with zero attached hydrogens (tertiary/aromatic N) is 1. The van der Waals surface area contributed by atoms with Crippen molar-refractivity contribution in [1.29, 1.82) is 0 Å². The molecule has 1 aromatic carbocycles. The van der Waals surface area contributed by atoms with E-state index >= 15 is 0 Å². The summed E-state index contributed by atoms with van der Waals surface area (Å²) >= 11 is 6.67. The summed E-state index contributed by atoms with van der Waals surface area (Å²) < 4.78 is 24.3. The van der Waals surface area contributed by atoms with Crippen molar-refractivity contribution in [3.05, 3.63) is 40.8 Å². The van der Waals surface area contributed by atoms with Crippen LogP contribution in [0.5, 0.6) is 0 Å². The van der Waals surface area contributed by atoms with E-state index < -0.39 is 9.84 Å². The number of halogens is 1. The summed E-state index contributed by atoms with van der Waals surface area (Å²) in [6.07, 6.45) is 1.57. The summed E-state index contributed by atoms with van der Waals surface area (Å²) in [6.45, 7) is 0. The highest BCUT2D eigenvalue weighted by atomic mass is 35.5. The highest BCUT2D eigenvalue weighted by molar-refractivity contribution is 7.90. The normalized spacial score (nSPS) is 11.2. The second-order valence-electron chi connectivity index (χ2n) is 3.89. The maximum Gasteiger partial charge on any atom is 0.239 e. The Morgan fingerprint density at radius 2 is 2.00 bits per heavy atom. The van der Waals surface area contributed by atoms with E-state index in [9.17, 15) is 13.2 Å². The van der Waals surface area contributed by atoms with Crippen LogP contribution >= 0.6 is 22.9 Å². The van der Waals surface area contributed by atoms with Crippen molar-refractivity contribution in [2.24, 2.45) is 0 Å². The van der Waals surface area contributed by atoms with E-state index in [0.717, 1.165) is 0 Å². The molecule has 0 saturated carbocycles. The Morgan fingerprint density at radius 3 is 2.55 bits per heavy atom. The Hall–Kier alpha value is -1.44. The lowest BCUT2D eigenvalue weighted by Gasteiger charge is -2.05. The number of nitrogens with one attached hydrogen (secondary N) is 1. The summed E-state index contributed by atoms with van der Waals surface area (Å²) in [5.41, 5.74) is 0.504. The Kier molecular flexibility index (Phi) is 4.74.